The summed E-state index contributed by atoms with van der Waals surface area (Å²) in [5, 5.41) is 13.5. The van der Waals surface area contributed by atoms with Gasteiger partial charge in [-0.3, -0.25) is 4.68 Å². The predicted molar refractivity (Wildman–Crippen MR) is 92.9 cm³/mol. The molecule has 24 heavy (non-hydrogen) atoms. The minimum atomic E-state index is -0.557. The Morgan fingerprint density at radius 3 is 2.58 bits per heavy atom. The summed E-state index contributed by atoms with van der Waals surface area (Å²) in [6.45, 7) is 5.83. The first kappa shape index (κ1) is 17.8. The fourth-order valence-electron chi connectivity index (χ4n) is 2.62. The number of hydrogen-bond acceptors (Lipinski definition) is 6. The van der Waals surface area contributed by atoms with Crippen LogP contribution in [0.25, 0.3) is 11.1 Å². The number of esters is 1. The molecule has 7 nitrogen and oxygen atoms in total. The summed E-state index contributed by atoms with van der Waals surface area (Å²) in [5.74, 6) is -0.0659. The zero-order chi connectivity index (χ0) is 17.9. The largest absolute Gasteiger partial charge is 0.464 e. The Morgan fingerprint density at radius 2 is 2.04 bits per heavy atom. The number of aliphatic hydroxyl groups excluding tert-OH is 1. The van der Waals surface area contributed by atoms with Gasteiger partial charge in [0.25, 0.3) is 0 Å². The number of hydrogen-bond donors (Lipinski definition) is 3. The lowest BCUT2D eigenvalue weighted by Gasteiger charge is -2.19. The molecule has 7 heteroatoms. The SMILES string of the molecule is CCOC(=O)C(C(C)C)n1cc(-c2ccc(CO)cc2N)c(N)n1. The van der Waals surface area contributed by atoms with Crippen LogP contribution in [0, 0.1) is 5.92 Å². The summed E-state index contributed by atoms with van der Waals surface area (Å²) in [6.07, 6.45) is 1.71. The quantitative estimate of drug-likeness (QED) is 0.550. The lowest BCUT2D eigenvalue weighted by Crippen LogP contribution is -2.27. The molecule has 0 saturated heterocycles. The molecule has 1 unspecified atom stereocenters. The Hall–Kier alpha value is -2.54. The standard InChI is InChI=1S/C17H24N4O3/c1-4-24-17(23)15(10(2)3)21-8-13(16(19)20-21)12-6-5-11(9-22)7-14(12)18/h5-8,10,15,22H,4,9,18H2,1-3H3,(H2,19,20). The van der Waals surface area contributed by atoms with Gasteiger partial charge in [-0.15, -0.1) is 0 Å². The van der Waals surface area contributed by atoms with Crippen molar-refractivity contribution in [3.8, 4) is 11.1 Å². The van der Waals surface area contributed by atoms with Crippen molar-refractivity contribution in [2.24, 2.45) is 5.92 Å². The molecule has 0 aliphatic heterocycles. The Kier molecular flexibility index (Phi) is 5.46. The summed E-state index contributed by atoms with van der Waals surface area (Å²) in [6, 6.07) is 4.69. The van der Waals surface area contributed by atoms with Gasteiger partial charge in [-0.1, -0.05) is 26.0 Å². The molecule has 5 N–H and O–H groups in total. The van der Waals surface area contributed by atoms with Crippen LogP contribution in [0.15, 0.2) is 24.4 Å². The van der Waals surface area contributed by atoms with E-state index < -0.39 is 6.04 Å². The second-order valence-electron chi connectivity index (χ2n) is 5.93. The maximum absolute atomic E-state index is 12.2. The maximum Gasteiger partial charge on any atom is 0.331 e. The van der Waals surface area contributed by atoms with Gasteiger partial charge >= 0.3 is 5.97 Å². The highest BCUT2D eigenvalue weighted by atomic mass is 16.5. The topological polar surface area (TPSA) is 116 Å². The van der Waals surface area contributed by atoms with E-state index in [1.807, 2.05) is 13.8 Å². The van der Waals surface area contributed by atoms with E-state index >= 15 is 0 Å². The van der Waals surface area contributed by atoms with E-state index in [4.69, 9.17) is 16.2 Å². The van der Waals surface area contributed by atoms with Crippen LogP contribution in [0.5, 0.6) is 0 Å². The number of carbonyl (C=O) groups is 1. The molecular formula is C17H24N4O3. The zero-order valence-electron chi connectivity index (χ0n) is 14.2. The summed E-state index contributed by atoms with van der Waals surface area (Å²) >= 11 is 0. The van der Waals surface area contributed by atoms with Crippen molar-refractivity contribution in [1.82, 2.24) is 9.78 Å². The number of benzene rings is 1. The molecule has 2 aromatic rings. The smallest absolute Gasteiger partial charge is 0.331 e. The van der Waals surface area contributed by atoms with Crippen molar-refractivity contribution in [1.29, 1.82) is 0 Å². The van der Waals surface area contributed by atoms with E-state index in [1.54, 1.807) is 31.3 Å². The molecule has 0 amide bonds. The molecule has 0 fully saturated rings. The number of carbonyl (C=O) groups excluding carboxylic acids is 1. The van der Waals surface area contributed by atoms with Gasteiger partial charge in [0.15, 0.2) is 11.9 Å². The number of nitrogens with zero attached hydrogens (tertiary/aromatic N) is 2. The van der Waals surface area contributed by atoms with Crippen LogP contribution in [0.3, 0.4) is 0 Å². The van der Waals surface area contributed by atoms with Crippen LogP contribution in [-0.4, -0.2) is 27.5 Å². The monoisotopic (exact) mass is 332 g/mol. The van der Waals surface area contributed by atoms with Crippen LogP contribution in [0.4, 0.5) is 11.5 Å². The fraction of sp³-hybridized carbons (Fsp3) is 0.412. The summed E-state index contributed by atoms with van der Waals surface area (Å²) in [4.78, 5) is 12.2. The number of rotatable bonds is 6. The minimum Gasteiger partial charge on any atom is -0.464 e. The number of aliphatic hydroxyl groups is 1. The highest BCUT2D eigenvalue weighted by Crippen LogP contribution is 2.32. The van der Waals surface area contributed by atoms with Crippen LogP contribution < -0.4 is 11.5 Å². The third kappa shape index (κ3) is 3.51. The molecule has 1 heterocycles. The van der Waals surface area contributed by atoms with Gasteiger partial charge in [0.05, 0.1) is 13.2 Å². The molecule has 1 aromatic carbocycles. The van der Waals surface area contributed by atoms with Gasteiger partial charge in [0, 0.05) is 23.0 Å². The Labute approximate surface area is 141 Å². The molecule has 0 aliphatic carbocycles. The Balaban J connectivity index is 2.44. The first-order chi connectivity index (χ1) is 11.4. The van der Waals surface area contributed by atoms with Gasteiger partial charge in [0.2, 0.25) is 0 Å². The second-order valence-corrected chi connectivity index (χ2v) is 5.93. The van der Waals surface area contributed by atoms with Gasteiger partial charge in [0.1, 0.15) is 0 Å². The van der Waals surface area contributed by atoms with Gasteiger partial charge in [-0.05, 0) is 24.5 Å². The van der Waals surface area contributed by atoms with Gasteiger partial charge < -0.3 is 21.3 Å². The number of nitrogen functional groups attached to an aromatic ring is 2. The third-order valence-electron chi connectivity index (χ3n) is 3.79. The highest BCUT2D eigenvalue weighted by molar-refractivity contribution is 5.83. The second kappa shape index (κ2) is 7.35. The van der Waals surface area contributed by atoms with Crippen molar-refractivity contribution in [2.75, 3.05) is 18.1 Å². The summed E-state index contributed by atoms with van der Waals surface area (Å²) in [5.41, 5.74) is 14.7. The molecule has 1 atom stereocenters. The molecule has 130 valence electrons. The van der Waals surface area contributed by atoms with E-state index in [1.165, 1.54) is 4.68 Å². The Morgan fingerprint density at radius 1 is 1.33 bits per heavy atom. The number of anilines is 2. The van der Waals surface area contributed by atoms with Gasteiger partial charge in [-0.2, -0.15) is 5.10 Å². The zero-order valence-corrected chi connectivity index (χ0v) is 14.2. The van der Waals surface area contributed by atoms with Crippen LogP contribution >= 0.6 is 0 Å². The maximum atomic E-state index is 12.2. The first-order valence-electron chi connectivity index (χ1n) is 7.89. The van der Waals surface area contributed by atoms with Crippen LogP contribution in [-0.2, 0) is 16.1 Å². The average Bonchev–Trinajstić information content (AvgIpc) is 2.88. The number of nitrogens with two attached hydrogens (primary N) is 2. The van der Waals surface area contributed by atoms with E-state index in [9.17, 15) is 9.90 Å². The van der Waals surface area contributed by atoms with E-state index in [0.29, 0.717) is 29.0 Å². The molecule has 0 bridgehead atoms. The molecule has 1 aromatic heterocycles. The average molecular weight is 332 g/mol. The molecule has 0 aliphatic rings. The third-order valence-corrected chi connectivity index (χ3v) is 3.79. The van der Waals surface area contributed by atoms with Gasteiger partial charge in [-0.25, -0.2) is 4.79 Å². The summed E-state index contributed by atoms with van der Waals surface area (Å²) in [7, 11) is 0. The van der Waals surface area contributed by atoms with Crippen LogP contribution in [0.1, 0.15) is 32.4 Å². The number of ether oxygens (including phenoxy) is 1. The first-order valence-corrected chi connectivity index (χ1v) is 7.89. The highest BCUT2D eigenvalue weighted by Gasteiger charge is 2.27. The van der Waals surface area contributed by atoms with E-state index in [-0.39, 0.29) is 24.3 Å². The normalized spacial score (nSPS) is 12.4. The Bertz CT molecular complexity index is 725. The van der Waals surface area contributed by atoms with E-state index in [2.05, 4.69) is 5.10 Å². The van der Waals surface area contributed by atoms with Crippen molar-refractivity contribution < 1.29 is 14.6 Å². The number of aromatic nitrogens is 2. The lowest BCUT2D eigenvalue weighted by atomic mass is 10.0. The summed E-state index contributed by atoms with van der Waals surface area (Å²) < 4.78 is 6.67. The minimum absolute atomic E-state index is 0.00897. The van der Waals surface area contributed by atoms with Crippen molar-refractivity contribution in [2.45, 2.75) is 33.4 Å². The molecule has 0 radical (unpaired) electrons. The molecule has 0 saturated carbocycles. The van der Waals surface area contributed by atoms with Crippen molar-refractivity contribution in [3.05, 3.63) is 30.0 Å². The van der Waals surface area contributed by atoms with Crippen LogP contribution in [0.2, 0.25) is 0 Å². The van der Waals surface area contributed by atoms with Crippen molar-refractivity contribution in [3.63, 3.8) is 0 Å². The lowest BCUT2D eigenvalue weighted by molar-refractivity contribution is -0.148. The predicted octanol–water partition coefficient (Wildman–Crippen LogP) is 1.97. The fourth-order valence-corrected chi connectivity index (χ4v) is 2.62. The molecule has 2 rings (SSSR count). The van der Waals surface area contributed by atoms with Crippen molar-refractivity contribution >= 4 is 17.5 Å². The molecular weight excluding hydrogens is 308 g/mol. The molecule has 0 spiro atoms. The van der Waals surface area contributed by atoms with E-state index in [0.717, 1.165) is 0 Å².